The van der Waals surface area contributed by atoms with Crippen molar-refractivity contribution in [1.82, 2.24) is 10.6 Å². The van der Waals surface area contributed by atoms with Crippen molar-refractivity contribution in [2.45, 2.75) is 39.8 Å². The van der Waals surface area contributed by atoms with Gasteiger partial charge < -0.3 is 16.4 Å². The van der Waals surface area contributed by atoms with Gasteiger partial charge in [-0.15, -0.1) is 0 Å². The topological polar surface area (TPSA) is 101 Å². The fourth-order valence-corrected chi connectivity index (χ4v) is 1.13. The van der Waals surface area contributed by atoms with Gasteiger partial charge in [0, 0.05) is 6.92 Å². The summed E-state index contributed by atoms with van der Waals surface area (Å²) in [6, 6.07) is -1.40. The highest BCUT2D eigenvalue weighted by molar-refractivity contribution is 5.91. The molecule has 0 aliphatic rings. The normalized spacial score (nSPS) is 14.1. The lowest BCUT2D eigenvalue weighted by Gasteiger charge is -2.22. The van der Waals surface area contributed by atoms with Gasteiger partial charge in [-0.1, -0.05) is 13.8 Å². The number of primary amides is 1. The summed E-state index contributed by atoms with van der Waals surface area (Å²) in [6.45, 7) is 6.43. The average molecular weight is 229 g/mol. The van der Waals surface area contributed by atoms with Crippen molar-refractivity contribution >= 4 is 17.7 Å². The maximum atomic E-state index is 11.7. The minimum atomic E-state index is -0.748. The molecule has 4 N–H and O–H groups in total. The number of nitrogens with two attached hydrogens (primary N) is 1. The summed E-state index contributed by atoms with van der Waals surface area (Å²) in [6.07, 6.45) is 0. The van der Waals surface area contributed by atoms with Crippen LogP contribution in [0.1, 0.15) is 27.7 Å². The van der Waals surface area contributed by atoms with Crippen LogP contribution in [0.25, 0.3) is 0 Å². The molecule has 0 saturated carbocycles. The van der Waals surface area contributed by atoms with Crippen LogP contribution in [0.5, 0.6) is 0 Å². The quantitative estimate of drug-likeness (QED) is 0.571. The van der Waals surface area contributed by atoms with Crippen LogP contribution in [-0.2, 0) is 14.4 Å². The molecule has 0 aliphatic carbocycles. The first-order valence-electron chi connectivity index (χ1n) is 5.12. The SMILES string of the molecule is CC(=O)N[C@H](C(=O)N[C@@H](C)C(N)=O)C(C)C. The van der Waals surface area contributed by atoms with Crippen LogP contribution in [-0.4, -0.2) is 29.8 Å². The van der Waals surface area contributed by atoms with Crippen LogP contribution in [0.3, 0.4) is 0 Å². The molecule has 0 aromatic heterocycles. The van der Waals surface area contributed by atoms with Crippen LogP contribution in [0.2, 0.25) is 0 Å². The van der Waals surface area contributed by atoms with Crippen molar-refractivity contribution in [3.63, 3.8) is 0 Å². The van der Waals surface area contributed by atoms with Crippen LogP contribution in [0, 0.1) is 5.92 Å². The third-order valence-electron chi connectivity index (χ3n) is 2.09. The first kappa shape index (κ1) is 14.4. The summed E-state index contributed by atoms with van der Waals surface area (Å²) in [5, 5.41) is 4.96. The Morgan fingerprint density at radius 3 is 1.88 bits per heavy atom. The molecule has 0 aromatic carbocycles. The third kappa shape index (κ3) is 4.77. The van der Waals surface area contributed by atoms with Crippen molar-refractivity contribution in [1.29, 1.82) is 0 Å². The van der Waals surface area contributed by atoms with Gasteiger partial charge in [-0.3, -0.25) is 14.4 Å². The Morgan fingerprint density at radius 2 is 1.56 bits per heavy atom. The zero-order valence-corrected chi connectivity index (χ0v) is 10.0. The number of nitrogens with one attached hydrogen (secondary N) is 2. The minimum Gasteiger partial charge on any atom is -0.368 e. The number of carbonyl (C=O) groups excluding carboxylic acids is 3. The number of carbonyl (C=O) groups is 3. The van der Waals surface area contributed by atoms with Crippen LogP contribution < -0.4 is 16.4 Å². The van der Waals surface area contributed by atoms with Crippen molar-refractivity contribution in [3.8, 4) is 0 Å². The molecule has 0 spiro atoms. The van der Waals surface area contributed by atoms with E-state index >= 15 is 0 Å². The molecule has 6 nitrogen and oxygen atoms in total. The predicted octanol–water partition coefficient (Wildman–Crippen LogP) is -0.863. The molecule has 2 atom stereocenters. The standard InChI is InChI=1S/C10H19N3O3/c1-5(2)8(13-7(4)14)10(16)12-6(3)9(11)15/h5-6,8H,1-4H3,(H2,11,15)(H,12,16)(H,13,14)/t6-,8-/m0/s1. The number of hydrogen-bond donors (Lipinski definition) is 3. The molecule has 0 bridgehead atoms. The van der Waals surface area contributed by atoms with E-state index in [0.717, 1.165) is 0 Å². The summed E-state index contributed by atoms with van der Waals surface area (Å²) in [5.41, 5.74) is 5.02. The molecule has 6 heteroatoms. The Kier molecular flexibility index (Phi) is 5.49. The first-order chi connectivity index (χ1) is 7.25. The second kappa shape index (κ2) is 6.09. The molecule has 16 heavy (non-hydrogen) atoms. The highest BCUT2D eigenvalue weighted by atomic mass is 16.2. The van der Waals surface area contributed by atoms with Gasteiger partial charge in [0.2, 0.25) is 17.7 Å². The van der Waals surface area contributed by atoms with Gasteiger partial charge in [0.1, 0.15) is 12.1 Å². The maximum Gasteiger partial charge on any atom is 0.243 e. The van der Waals surface area contributed by atoms with Crippen molar-refractivity contribution in [2.24, 2.45) is 11.7 Å². The van der Waals surface area contributed by atoms with Gasteiger partial charge in [-0.25, -0.2) is 0 Å². The summed E-state index contributed by atoms with van der Waals surface area (Å²) >= 11 is 0. The Hall–Kier alpha value is -1.59. The van der Waals surface area contributed by atoms with Gasteiger partial charge in [0.25, 0.3) is 0 Å². The minimum absolute atomic E-state index is 0.0658. The van der Waals surface area contributed by atoms with Gasteiger partial charge in [-0.2, -0.15) is 0 Å². The third-order valence-corrected chi connectivity index (χ3v) is 2.09. The molecule has 92 valence electrons. The lowest BCUT2D eigenvalue weighted by atomic mass is 10.0. The Labute approximate surface area is 94.9 Å². The predicted molar refractivity (Wildman–Crippen MR) is 59.2 cm³/mol. The molecule has 0 fully saturated rings. The second-order valence-corrected chi connectivity index (χ2v) is 4.05. The van der Waals surface area contributed by atoms with Crippen LogP contribution in [0.15, 0.2) is 0 Å². The van der Waals surface area contributed by atoms with Crippen molar-refractivity contribution in [2.75, 3.05) is 0 Å². The lowest BCUT2D eigenvalue weighted by Crippen LogP contribution is -2.53. The summed E-state index contributed by atoms with van der Waals surface area (Å²) < 4.78 is 0. The van der Waals surface area contributed by atoms with E-state index in [-0.39, 0.29) is 11.8 Å². The van der Waals surface area contributed by atoms with E-state index in [9.17, 15) is 14.4 Å². The molecule has 3 amide bonds. The monoisotopic (exact) mass is 229 g/mol. The van der Waals surface area contributed by atoms with Gasteiger partial charge in [0.15, 0.2) is 0 Å². The van der Waals surface area contributed by atoms with E-state index in [1.807, 2.05) is 0 Å². The van der Waals surface area contributed by atoms with Crippen LogP contribution in [0.4, 0.5) is 0 Å². The molecule has 0 saturated heterocycles. The van der Waals surface area contributed by atoms with Gasteiger partial charge in [0.05, 0.1) is 0 Å². The van der Waals surface area contributed by atoms with Gasteiger partial charge in [-0.05, 0) is 12.8 Å². The van der Waals surface area contributed by atoms with E-state index in [1.165, 1.54) is 13.8 Å². The van der Waals surface area contributed by atoms with Gasteiger partial charge >= 0.3 is 0 Å². The largest absolute Gasteiger partial charge is 0.368 e. The molecule has 0 unspecified atom stereocenters. The van der Waals surface area contributed by atoms with Crippen molar-refractivity contribution < 1.29 is 14.4 Å². The molecular formula is C10H19N3O3. The van der Waals surface area contributed by atoms with Crippen LogP contribution >= 0.6 is 0 Å². The highest BCUT2D eigenvalue weighted by Crippen LogP contribution is 2.02. The highest BCUT2D eigenvalue weighted by Gasteiger charge is 2.25. The first-order valence-corrected chi connectivity index (χ1v) is 5.12. The second-order valence-electron chi connectivity index (χ2n) is 4.05. The Morgan fingerprint density at radius 1 is 1.06 bits per heavy atom. The van der Waals surface area contributed by atoms with E-state index in [4.69, 9.17) is 5.73 Å². The van der Waals surface area contributed by atoms with E-state index in [2.05, 4.69) is 10.6 Å². The lowest BCUT2D eigenvalue weighted by molar-refractivity contribution is -0.131. The summed E-state index contributed by atoms with van der Waals surface area (Å²) in [5.74, 6) is -1.38. The molecular weight excluding hydrogens is 210 g/mol. The number of rotatable bonds is 5. The molecule has 0 aromatic rings. The molecule has 0 rings (SSSR count). The smallest absolute Gasteiger partial charge is 0.243 e. The average Bonchev–Trinajstić information content (AvgIpc) is 2.12. The zero-order valence-electron chi connectivity index (χ0n) is 10.0. The van der Waals surface area contributed by atoms with E-state index in [0.29, 0.717) is 0 Å². The number of amides is 3. The van der Waals surface area contributed by atoms with E-state index < -0.39 is 23.9 Å². The molecule has 0 heterocycles. The maximum absolute atomic E-state index is 11.7. The zero-order chi connectivity index (χ0) is 12.9. The fourth-order valence-electron chi connectivity index (χ4n) is 1.13. The summed E-state index contributed by atoms with van der Waals surface area (Å²) in [4.78, 5) is 33.4. The Balaban J connectivity index is 4.50. The summed E-state index contributed by atoms with van der Waals surface area (Å²) in [7, 11) is 0. The Bertz CT molecular complexity index is 289. The molecule has 0 aliphatic heterocycles. The van der Waals surface area contributed by atoms with Crippen molar-refractivity contribution in [3.05, 3.63) is 0 Å². The van der Waals surface area contributed by atoms with E-state index in [1.54, 1.807) is 13.8 Å². The molecule has 0 radical (unpaired) electrons. The number of hydrogen-bond acceptors (Lipinski definition) is 3. The fraction of sp³-hybridized carbons (Fsp3) is 0.700.